The van der Waals surface area contributed by atoms with Gasteiger partial charge in [-0.25, -0.2) is 4.68 Å². The fraction of sp³-hybridized carbons (Fsp3) is 0.765. The third kappa shape index (κ3) is 4.55. The molecule has 0 unspecified atom stereocenters. The van der Waals surface area contributed by atoms with E-state index in [1.807, 2.05) is 38.4 Å². The highest BCUT2D eigenvalue weighted by Gasteiger charge is 2.30. The van der Waals surface area contributed by atoms with E-state index < -0.39 is 0 Å². The molecule has 1 aromatic rings. The second-order valence-electron chi connectivity index (χ2n) is 7.11. The number of nitrogens with one attached hydrogen (secondary N) is 1. The summed E-state index contributed by atoms with van der Waals surface area (Å²) in [6, 6.07) is 2.16. The predicted molar refractivity (Wildman–Crippen MR) is 95.0 cm³/mol. The second kappa shape index (κ2) is 8.09. The zero-order valence-electron chi connectivity index (χ0n) is 15.4. The Morgan fingerprint density at radius 2 is 2.08 bits per heavy atom. The summed E-state index contributed by atoms with van der Waals surface area (Å²) in [5, 5.41) is 16.8. The van der Waals surface area contributed by atoms with Gasteiger partial charge in [0.25, 0.3) is 0 Å². The van der Waals surface area contributed by atoms with Crippen LogP contribution in [0, 0.1) is 0 Å². The number of rotatable bonds is 6. The lowest BCUT2D eigenvalue weighted by Gasteiger charge is -2.42. The monoisotopic (exact) mass is 337 g/mol. The highest BCUT2D eigenvalue weighted by molar-refractivity contribution is 5.93. The summed E-state index contributed by atoms with van der Waals surface area (Å²) < 4.78 is 1.81. The SMILES string of the molecule is CC(C)n1nccc1NC(=O)[C@@H](C)N1CCN(C[C@H](C)O)[C@H](C)C1. The van der Waals surface area contributed by atoms with Crippen LogP contribution in [0.4, 0.5) is 5.82 Å². The quantitative estimate of drug-likeness (QED) is 0.815. The van der Waals surface area contributed by atoms with E-state index >= 15 is 0 Å². The predicted octanol–water partition coefficient (Wildman–Crippen LogP) is 1.18. The van der Waals surface area contributed by atoms with Crippen LogP contribution in [0.3, 0.4) is 0 Å². The molecule has 7 nitrogen and oxygen atoms in total. The Balaban J connectivity index is 1.93. The smallest absolute Gasteiger partial charge is 0.242 e. The van der Waals surface area contributed by atoms with Gasteiger partial charge >= 0.3 is 0 Å². The van der Waals surface area contributed by atoms with Crippen LogP contribution in [-0.4, -0.2) is 75.0 Å². The maximum absolute atomic E-state index is 12.6. The topological polar surface area (TPSA) is 73.6 Å². The number of β-amino-alcohol motifs (C(OH)–C–C–N with tert-alkyl or cyclic N) is 1. The zero-order chi connectivity index (χ0) is 17.9. The number of anilines is 1. The van der Waals surface area contributed by atoms with E-state index in [0.717, 1.165) is 25.5 Å². The number of carbonyl (C=O) groups excluding carboxylic acids is 1. The van der Waals surface area contributed by atoms with Crippen LogP contribution in [0.15, 0.2) is 12.3 Å². The number of nitrogens with zero attached hydrogens (tertiary/aromatic N) is 4. The van der Waals surface area contributed by atoms with Crippen molar-refractivity contribution in [1.82, 2.24) is 19.6 Å². The molecule has 0 radical (unpaired) electrons. The van der Waals surface area contributed by atoms with Gasteiger partial charge in [0.2, 0.25) is 5.91 Å². The zero-order valence-corrected chi connectivity index (χ0v) is 15.4. The molecule has 136 valence electrons. The van der Waals surface area contributed by atoms with Crippen molar-refractivity contribution in [3.63, 3.8) is 0 Å². The lowest BCUT2D eigenvalue weighted by molar-refractivity contribution is -0.122. The van der Waals surface area contributed by atoms with E-state index in [2.05, 4.69) is 27.1 Å². The average Bonchev–Trinajstić information content (AvgIpc) is 2.96. The molecule has 0 saturated carbocycles. The number of aliphatic hydroxyl groups is 1. The van der Waals surface area contributed by atoms with Crippen molar-refractivity contribution in [3.8, 4) is 0 Å². The van der Waals surface area contributed by atoms with Crippen molar-refractivity contribution in [1.29, 1.82) is 0 Å². The minimum Gasteiger partial charge on any atom is -0.392 e. The molecular formula is C17H31N5O2. The first-order chi connectivity index (χ1) is 11.3. The maximum atomic E-state index is 12.6. The van der Waals surface area contributed by atoms with Gasteiger partial charge in [-0.3, -0.25) is 14.6 Å². The van der Waals surface area contributed by atoms with Gasteiger partial charge in [-0.15, -0.1) is 0 Å². The molecule has 1 saturated heterocycles. The Morgan fingerprint density at radius 3 is 2.67 bits per heavy atom. The molecule has 24 heavy (non-hydrogen) atoms. The van der Waals surface area contributed by atoms with Crippen LogP contribution in [0.25, 0.3) is 0 Å². The minimum atomic E-state index is -0.323. The van der Waals surface area contributed by atoms with Crippen LogP contribution in [0.5, 0.6) is 0 Å². The summed E-state index contributed by atoms with van der Waals surface area (Å²) in [5.41, 5.74) is 0. The van der Waals surface area contributed by atoms with Gasteiger partial charge in [-0.05, 0) is 34.6 Å². The van der Waals surface area contributed by atoms with Crippen molar-refractivity contribution in [2.24, 2.45) is 0 Å². The molecule has 1 fully saturated rings. The molecule has 0 aliphatic carbocycles. The van der Waals surface area contributed by atoms with Gasteiger partial charge in [0.05, 0.1) is 18.3 Å². The number of amides is 1. The summed E-state index contributed by atoms with van der Waals surface area (Å²) >= 11 is 0. The summed E-state index contributed by atoms with van der Waals surface area (Å²) in [4.78, 5) is 17.1. The van der Waals surface area contributed by atoms with Crippen molar-refractivity contribution >= 4 is 11.7 Å². The third-order valence-electron chi connectivity index (χ3n) is 4.63. The highest BCUT2D eigenvalue weighted by atomic mass is 16.3. The number of aliphatic hydroxyl groups excluding tert-OH is 1. The number of hydrogen-bond donors (Lipinski definition) is 2. The minimum absolute atomic E-state index is 0.00595. The third-order valence-corrected chi connectivity index (χ3v) is 4.63. The normalized spacial score (nSPS) is 22.5. The highest BCUT2D eigenvalue weighted by Crippen LogP contribution is 2.16. The number of aromatic nitrogens is 2. The maximum Gasteiger partial charge on any atom is 0.242 e. The van der Waals surface area contributed by atoms with Crippen LogP contribution in [0.1, 0.15) is 40.7 Å². The van der Waals surface area contributed by atoms with Crippen molar-refractivity contribution < 1.29 is 9.90 Å². The Hall–Kier alpha value is -1.44. The summed E-state index contributed by atoms with van der Waals surface area (Å²) in [5.74, 6) is 0.733. The molecule has 0 bridgehead atoms. The van der Waals surface area contributed by atoms with Gasteiger partial charge in [-0.2, -0.15) is 5.10 Å². The average molecular weight is 337 g/mol. The van der Waals surface area contributed by atoms with Crippen LogP contribution >= 0.6 is 0 Å². The fourth-order valence-corrected chi connectivity index (χ4v) is 3.21. The van der Waals surface area contributed by atoms with Gasteiger partial charge in [0, 0.05) is 44.3 Å². The molecule has 1 aliphatic heterocycles. The van der Waals surface area contributed by atoms with Crippen molar-refractivity contribution in [3.05, 3.63) is 12.3 Å². The Morgan fingerprint density at radius 1 is 1.38 bits per heavy atom. The van der Waals surface area contributed by atoms with Gasteiger partial charge in [0.15, 0.2) is 0 Å². The van der Waals surface area contributed by atoms with Gasteiger partial charge in [-0.1, -0.05) is 0 Å². The molecule has 3 atom stereocenters. The Labute approximate surface area is 144 Å². The molecule has 0 aromatic carbocycles. The molecular weight excluding hydrogens is 306 g/mol. The molecule has 7 heteroatoms. The number of piperazine rings is 1. The largest absolute Gasteiger partial charge is 0.392 e. The number of hydrogen-bond acceptors (Lipinski definition) is 5. The van der Waals surface area contributed by atoms with Crippen molar-refractivity contribution in [2.75, 3.05) is 31.5 Å². The lowest BCUT2D eigenvalue weighted by atomic mass is 10.1. The fourth-order valence-electron chi connectivity index (χ4n) is 3.21. The van der Waals surface area contributed by atoms with Gasteiger partial charge in [0.1, 0.15) is 5.82 Å². The van der Waals surface area contributed by atoms with E-state index in [1.54, 1.807) is 6.20 Å². The molecule has 2 N–H and O–H groups in total. The van der Waals surface area contributed by atoms with Crippen LogP contribution in [-0.2, 0) is 4.79 Å². The van der Waals surface area contributed by atoms with Crippen LogP contribution < -0.4 is 5.32 Å². The van der Waals surface area contributed by atoms with E-state index in [9.17, 15) is 9.90 Å². The molecule has 1 amide bonds. The molecule has 1 aromatic heterocycles. The first kappa shape index (κ1) is 18.9. The van der Waals surface area contributed by atoms with E-state index in [0.29, 0.717) is 12.6 Å². The Kier molecular flexibility index (Phi) is 6.37. The molecule has 0 spiro atoms. The molecule has 2 rings (SSSR count). The molecule has 2 heterocycles. The first-order valence-electron chi connectivity index (χ1n) is 8.80. The summed E-state index contributed by atoms with van der Waals surface area (Å²) in [6.07, 6.45) is 1.38. The Bertz CT molecular complexity index is 543. The van der Waals surface area contributed by atoms with E-state index in [4.69, 9.17) is 0 Å². The summed E-state index contributed by atoms with van der Waals surface area (Å²) in [7, 11) is 0. The van der Waals surface area contributed by atoms with E-state index in [-0.39, 0.29) is 24.1 Å². The van der Waals surface area contributed by atoms with Crippen molar-refractivity contribution in [2.45, 2.75) is 58.8 Å². The van der Waals surface area contributed by atoms with Crippen LogP contribution in [0.2, 0.25) is 0 Å². The second-order valence-corrected chi connectivity index (χ2v) is 7.11. The van der Waals surface area contributed by atoms with E-state index in [1.165, 1.54) is 0 Å². The standard InChI is InChI=1S/C17H31N5O2/c1-12(2)22-16(6-7-18-22)19-17(24)15(5)21-9-8-20(11-14(4)23)13(3)10-21/h6-7,12-15,23H,8-11H2,1-5H3,(H,19,24)/t13-,14+,15-/m1/s1. The lowest BCUT2D eigenvalue weighted by Crippen LogP contribution is -2.57. The van der Waals surface area contributed by atoms with Gasteiger partial charge < -0.3 is 10.4 Å². The molecule has 1 aliphatic rings. The first-order valence-corrected chi connectivity index (χ1v) is 8.80. The number of carbonyl (C=O) groups is 1. The summed E-state index contributed by atoms with van der Waals surface area (Å²) in [6.45, 7) is 13.2.